The number of aliphatic hydroxyl groups is 1. The van der Waals surface area contributed by atoms with Gasteiger partial charge in [0, 0.05) is 6.04 Å². The Hall–Kier alpha value is -2.68. The van der Waals surface area contributed by atoms with Crippen molar-refractivity contribution < 1.29 is 5.11 Å². The van der Waals surface area contributed by atoms with Gasteiger partial charge in [0.05, 0.1) is 5.60 Å². The summed E-state index contributed by atoms with van der Waals surface area (Å²) in [5.74, 6) is 0.550. The summed E-state index contributed by atoms with van der Waals surface area (Å²) in [4.78, 5) is 2.63. The Morgan fingerprint density at radius 3 is 1.68 bits per heavy atom. The van der Waals surface area contributed by atoms with E-state index in [4.69, 9.17) is 0 Å². The van der Waals surface area contributed by atoms with E-state index >= 15 is 0 Å². The number of rotatable bonds is 10. The molecule has 1 atom stereocenters. The molecule has 0 aromatic heterocycles. The Kier molecular flexibility index (Phi) is 8.27. The molecule has 2 heteroatoms. The van der Waals surface area contributed by atoms with E-state index in [0.29, 0.717) is 5.92 Å². The van der Waals surface area contributed by atoms with Crippen LogP contribution in [0.1, 0.15) is 63.5 Å². The molecule has 4 aromatic rings. The lowest BCUT2D eigenvalue weighted by molar-refractivity contribution is -0.0716. The maximum Gasteiger partial charge on any atom is 0.0808 e. The molecule has 1 fully saturated rings. The molecule has 2 nitrogen and oxygen atoms in total. The fraction of sp³-hybridized carbons (Fsp3) is 0.429. The first kappa shape index (κ1) is 25.9. The van der Waals surface area contributed by atoms with Crippen molar-refractivity contribution in [1.29, 1.82) is 0 Å². The third-order valence-electron chi connectivity index (χ3n) is 8.56. The van der Waals surface area contributed by atoms with Crippen LogP contribution in [0.4, 0.5) is 0 Å². The molecule has 0 aliphatic carbocycles. The Morgan fingerprint density at radius 2 is 1.16 bits per heavy atom. The largest absolute Gasteiger partial charge is 0.388 e. The topological polar surface area (TPSA) is 23.5 Å². The van der Waals surface area contributed by atoms with Gasteiger partial charge in [-0.05, 0) is 96.6 Å². The summed E-state index contributed by atoms with van der Waals surface area (Å²) in [6.45, 7) is 6.85. The van der Waals surface area contributed by atoms with Crippen LogP contribution < -0.4 is 0 Å². The fourth-order valence-corrected chi connectivity index (χ4v) is 6.57. The van der Waals surface area contributed by atoms with Gasteiger partial charge in [-0.25, -0.2) is 0 Å². The highest BCUT2D eigenvalue weighted by atomic mass is 16.3. The number of piperidine rings is 1. The third-order valence-corrected chi connectivity index (χ3v) is 8.56. The van der Waals surface area contributed by atoms with Gasteiger partial charge in [0.15, 0.2) is 0 Å². The number of benzene rings is 4. The van der Waals surface area contributed by atoms with Gasteiger partial charge in [0.1, 0.15) is 0 Å². The lowest BCUT2D eigenvalue weighted by atomic mass is 9.77. The summed E-state index contributed by atoms with van der Waals surface area (Å²) in [5.41, 5.74) is 1.96. The van der Waals surface area contributed by atoms with E-state index in [0.717, 1.165) is 45.2 Å². The van der Waals surface area contributed by atoms with Gasteiger partial charge in [-0.15, -0.1) is 0 Å². The molecule has 194 valence electrons. The van der Waals surface area contributed by atoms with Crippen LogP contribution in [0.15, 0.2) is 84.9 Å². The quantitative estimate of drug-likeness (QED) is 0.241. The molecule has 1 N–H and O–H groups in total. The number of hydrogen-bond acceptors (Lipinski definition) is 2. The lowest BCUT2D eigenvalue weighted by Gasteiger charge is -2.46. The van der Waals surface area contributed by atoms with Crippen molar-refractivity contribution >= 4 is 21.5 Å². The zero-order chi connectivity index (χ0) is 25.7. The molecule has 37 heavy (non-hydrogen) atoms. The number of fused-ring (bicyclic) bond motifs is 2. The highest BCUT2D eigenvalue weighted by Gasteiger charge is 2.40. The normalized spacial score (nSPS) is 16.0. The van der Waals surface area contributed by atoms with Crippen LogP contribution in [0, 0.1) is 5.92 Å². The van der Waals surface area contributed by atoms with Crippen molar-refractivity contribution in [3.05, 3.63) is 96.1 Å². The fourth-order valence-electron chi connectivity index (χ4n) is 6.57. The van der Waals surface area contributed by atoms with Crippen LogP contribution in [-0.2, 0) is 12.8 Å². The zero-order valence-electron chi connectivity index (χ0n) is 22.7. The molecule has 0 amide bonds. The summed E-state index contributed by atoms with van der Waals surface area (Å²) in [6, 6.07) is 30.8. The van der Waals surface area contributed by atoms with Crippen LogP contribution in [0.3, 0.4) is 0 Å². The number of hydrogen-bond donors (Lipinski definition) is 1. The van der Waals surface area contributed by atoms with Crippen molar-refractivity contribution in [1.82, 2.24) is 4.90 Å². The average Bonchev–Trinajstić information content (AvgIpc) is 2.94. The van der Waals surface area contributed by atoms with E-state index in [-0.39, 0.29) is 6.04 Å². The molecule has 1 aliphatic heterocycles. The molecule has 1 heterocycles. The first-order chi connectivity index (χ1) is 18.0. The van der Waals surface area contributed by atoms with Crippen LogP contribution in [0.25, 0.3) is 21.5 Å². The second-order valence-electron chi connectivity index (χ2n) is 11.6. The van der Waals surface area contributed by atoms with Gasteiger partial charge < -0.3 is 5.11 Å². The van der Waals surface area contributed by atoms with Gasteiger partial charge >= 0.3 is 0 Å². The SMILES string of the molecule is CC(C)C[C@H](N1CCCCC1)C(O)(CCc1cccc2ccccc12)CCc1cccc2ccccc12. The van der Waals surface area contributed by atoms with Crippen molar-refractivity contribution in [3.8, 4) is 0 Å². The molecule has 0 unspecified atom stereocenters. The Morgan fingerprint density at radius 1 is 0.676 bits per heavy atom. The first-order valence-electron chi connectivity index (χ1n) is 14.4. The van der Waals surface area contributed by atoms with Crippen molar-refractivity contribution in [3.63, 3.8) is 0 Å². The van der Waals surface area contributed by atoms with E-state index < -0.39 is 5.60 Å². The molecule has 0 saturated carbocycles. The summed E-state index contributed by atoms with van der Waals surface area (Å²) < 4.78 is 0. The summed E-state index contributed by atoms with van der Waals surface area (Å²) in [7, 11) is 0. The molecule has 0 radical (unpaired) electrons. The van der Waals surface area contributed by atoms with Crippen LogP contribution >= 0.6 is 0 Å². The molecule has 0 bridgehead atoms. The standard InChI is InChI=1S/C35H43NO/c1-27(2)26-34(36-24-8-3-9-25-36)35(37,22-20-30-16-10-14-28-12-4-6-18-32(28)30)23-21-31-17-11-15-29-13-5-7-19-33(29)31/h4-7,10-19,27,34,37H,3,8-9,20-26H2,1-2H3/t34-/m0/s1. The minimum atomic E-state index is -0.741. The molecular weight excluding hydrogens is 450 g/mol. The van der Waals surface area contributed by atoms with Crippen LogP contribution in [-0.4, -0.2) is 34.7 Å². The molecule has 4 aromatic carbocycles. The second kappa shape index (κ2) is 11.8. The summed E-state index contributed by atoms with van der Waals surface area (Å²) in [5, 5.41) is 17.9. The van der Waals surface area contributed by atoms with E-state index in [1.54, 1.807) is 0 Å². The van der Waals surface area contributed by atoms with E-state index in [2.05, 4.69) is 104 Å². The van der Waals surface area contributed by atoms with Gasteiger partial charge in [-0.3, -0.25) is 4.90 Å². The van der Waals surface area contributed by atoms with E-state index in [9.17, 15) is 5.11 Å². The van der Waals surface area contributed by atoms with Gasteiger partial charge in [-0.1, -0.05) is 105 Å². The van der Waals surface area contributed by atoms with Crippen LogP contribution in [0.5, 0.6) is 0 Å². The zero-order valence-corrected chi connectivity index (χ0v) is 22.7. The second-order valence-corrected chi connectivity index (χ2v) is 11.6. The Balaban J connectivity index is 1.46. The number of likely N-dealkylation sites (tertiary alicyclic amines) is 1. The third kappa shape index (κ3) is 6.08. The van der Waals surface area contributed by atoms with Gasteiger partial charge in [0.2, 0.25) is 0 Å². The molecule has 1 aliphatic rings. The van der Waals surface area contributed by atoms with E-state index in [1.807, 2.05) is 0 Å². The monoisotopic (exact) mass is 493 g/mol. The van der Waals surface area contributed by atoms with Gasteiger partial charge in [0.25, 0.3) is 0 Å². The Bertz CT molecular complexity index is 1210. The highest BCUT2D eigenvalue weighted by Crippen LogP contribution is 2.35. The first-order valence-corrected chi connectivity index (χ1v) is 14.4. The summed E-state index contributed by atoms with van der Waals surface area (Å²) >= 11 is 0. The van der Waals surface area contributed by atoms with Crippen LogP contribution in [0.2, 0.25) is 0 Å². The molecule has 0 spiro atoms. The minimum Gasteiger partial charge on any atom is -0.388 e. The Labute approximate surface area is 223 Å². The lowest BCUT2D eigenvalue weighted by Crippen LogP contribution is -2.55. The van der Waals surface area contributed by atoms with Crippen molar-refractivity contribution in [2.75, 3.05) is 13.1 Å². The predicted molar refractivity (Wildman–Crippen MR) is 158 cm³/mol. The molecular formula is C35H43NO. The maximum atomic E-state index is 12.7. The minimum absolute atomic E-state index is 0.192. The number of aryl methyl sites for hydroxylation is 2. The van der Waals surface area contributed by atoms with E-state index in [1.165, 1.54) is 51.9 Å². The smallest absolute Gasteiger partial charge is 0.0808 e. The predicted octanol–water partition coefficient (Wildman–Crippen LogP) is 8.19. The maximum absolute atomic E-state index is 12.7. The van der Waals surface area contributed by atoms with Gasteiger partial charge in [-0.2, -0.15) is 0 Å². The summed E-state index contributed by atoms with van der Waals surface area (Å²) in [6.07, 6.45) is 8.23. The molecule has 1 saturated heterocycles. The van der Waals surface area contributed by atoms with Crippen molar-refractivity contribution in [2.45, 2.75) is 76.9 Å². The average molecular weight is 494 g/mol. The molecule has 5 rings (SSSR count). The van der Waals surface area contributed by atoms with Crippen molar-refractivity contribution in [2.24, 2.45) is 5.92 Å². The number of nitrogens with zero attached hydrogens (tertiary/aromatic N) is 1. The highest BCUT2D eigenvalue weighted by molar-refractivity contribution is 5.86.